The number of para-hydroxylation sites is 1. The number of rotatable bonds is 0. The predicted octanol–water partition coefficient (Wildman–Crippen LogP) is 3.34. The van der Waals surface area contributed by atoms with Crippen LogP contribution in [0.1, 0.15) is 5.56 Å². The maximum absolute atomic E-state index is 4.30. The molecular formula is C15H11N3. The molecule has 2 aromatic heterocycles. The number of nitrogens with zero attached hydrogens (tertiary/aromatic N) is 3. The van der Waals surface area contributed by atoms with Crippen LogP contribution in [0.15, 0.2) is 48.5 Å². The Morgan fingerprint density at radius 1 is 0.889 bits per heavy atom. The van der Waals surface area contributed by atoms with E-state index in [0.29, 0.717) is 0 Å². The normalized spacial score (nSPS) is 11.6. The molecule has 0 spiro atoms. The van der Waals surface area contributed by atoms with E-state index in [2.05, 4.69) is 51.9 Å². The van der Waals surface area contributed by atoms with Gasteiger partial charge < -0.3 is 0 Å². The Kier molecular flexibility index (Phi) is 1.75. The Hall–Kier alpha value is -2.42. The minimum atomic E-state index is 0.901. The van der Waals surface area contributed by atoms with Crippen LogP contribution in [0.2, 0.25) is 0 Å². The van der Waals surface area contributed by atoms with Crippen LogP contribution in [0.25, 0.3) is 27.6 Å². The number of aromatic nitrogens is 3. The van der Waals surface area contributed by atoms with Crippen molar-refractivity contribution in [1.29, 1.82) is 0 Å². The van der Waals surface area contributed by atoms with E-state index in [9.17, 15) is 0 Å². The van der Waals surface area contributed by atoms with Crippen LogP contribution in [0.3, 0.4) is 0 Å². The topological polar surface area (TPSA) is 30.2 Å². The molecule has 0 aliphatic heterocycles. The third-order valence-electron chi connectivity index (χ3n) is 3.43. The van der Waals surface area contributed by atoms with Crippen LogP contribution in [-0.4, -0.2) is 14.6 Å². The molecule has 0 saturated heterocycles. The fourth-order valence-corrected chi connectivity index (χ4v) is 2.53. The van der Waals surface area contributed by atoms with Crippen molar-refractivity contribution < 1.29 is 0 Å². The van der Waals surface area contributed by atoms with Gasteiger partial charge in [0.25, 0.3) is 0 Å². The molecule has 18 heavy (non-hydrogen) atoms. The molecule has 0 N–H and O–H groups in total. The first-order valence-electron chi connectivity index (χ1n) is 5.97. The van der Waals surface area contributed by atoms with E-state index < -0.39 is 0 Å². The number of benzene rings is 2. The van der Waals surface area contributed by atoms with Crippen molar-refractivity contribution in [1.82, 2.24) is 14.6 Å². The average molecular weight is 233 g/mol. The molecule has 0 saturated carbocycles. The van der Waals surface area contributed by atoms with E-state index in [0.717, 1.165) is 16.7 Å². The highest BCUT2D eigenvalue weighted by Gasteiger charge is 2.08. The monoisotopic (exact) mass is 233 g/mol. The van der Waals surface area contributed by atoms with Gasteiger partial charge in [-0.1, -0.05) is 24.3 Å². The van der Waals surface area contributed by atoms with Gasteiger partial charge in [-0.05, 0) is 36.8 Å². The lowest BCUT2D eigenvalue weighted by molar-refractivity contribution is 1.06. The minimum Gasteiger partial charge on any atom is -0.291 e. The van der Waals surface area contributed by atoms with Crippen LogP contribution in [0, 0.1) is 6.92 Å². The summed E-state index contributed by atoms with van der Waals surface area (Å²) in [6, 6.07) is 16.5. The molecule has 2 aromatic carbocycles. The van der Waals surface area contributed by atoms with Crippen LogP contribution in [-0.2, 0) is 0 Å². The van der Waals surface area contributed by atoms with Crippen LogP contribution in [0.4, 0.5) is 0 Å². The van der Waals surface area contributed by atoms with Crippen molar-refractivity contribution in [2.75, 3.05) is 0 Å². The molecular weight excluding hydrogens is 222 g/mol. The summed E-state index contributed by atoms with van der Waals surface area (Å²) in [4.78, 5) is 0. The maximum Gasteiger partial charge on any atom is 0.160 e. The Balaban J connectivity index is 2.37. The Morgan fingerprint density at radius 2 is 1.72 bits per heavy atom. The number of hydrogen-bond acceptors (Lipinski definition) is 2. The molecule has 0 radical (unpaired) electrons. The summed E-state index contributed by atoms with van der Waals surface area (Å²) < 4.78 is 2.17. The summed E-state index contributed by atoms with van der Waals surface area (Å²) in [5, 5.41) is 9.80. The zero-order valence-corrected chi connectivity index (χ0v) is 9.96. The largest absolute Gasteiger partial charge is 0.291 e. The van der Waals surface area contributed by atoms with Gasteiger partial charge in [-0.15, -0.1) is 10.2 Å². The first-order chi connectivity index (χ1) is 8.84. The molecule has 0 aliphatic rings. The van der Waals surface area contributed by atoms with E-state index in [-0.39, 0.29) is 0 Å². The van der Waals surface area contributed by atoms with Crippen molar-refractivity contribution in [2.45, 2.75) is 6.92 Å². The first-order valence-corrected chi connectivity index (χ1v) is 5.97. The molecule has 0 fully saturated rings. The quantitative estimate of drug-likeness (QED) is 0.466. The SMILES string of the molecule is Cc1cccc2c1cc1nnc3ccccc3n12. The van der Waals surface area contributed by atoms with Gasteiger partial charge in [-0.3, -0.25) is 4.40 Å². The molecule has 3 heteroatoms. The predicted molar refractivity (Wildman–Crippen MR) is 72.7 cm³/mol. The summed E-state index contributed by atoms with van der Waals surface area (Å²) in [5.74, 6) is 0. The van der Waals surface area contributed by atoms with E-state index >= 15 is 0 Å². The number of hydrogen-bond donors (Lipinski definition) is 0. The lowest BCUT2D eigenvalue weighted by atomic mass is 10.1. The molecule has 4 aromatic rings. The summed E-state index contributed by atoms with van der Waals surface area (Å²) in [6.07, 6.45) is 0. The van der Waals surface area contributed by atoms with Gasteiger partial charge in [-0.2, -0.15) is 0 Å². The molecule has 0 atom stereocenters. The first kappa shape index (κ1) is 9.59. The Bertz CT molecular complexity index is 890. The van der Waals surface area contributed by atoms with Gasteiger partial charge in [0.05, 0.1) is 11.0 Å². The van der Waals surface area contributed by atoms with Crippen molar-refractivity contribution in [3.8, 4) is 0 Å². The minimum absolute atomic E-state index is 0.901. The fraction of sp³-hybridized carbons (Fsp3) is 0.0667. The van der Waals surface area contributed by atoms with Crippen molar-refractivity contribution >= 4 is 27.6 Å². The van der Waals surface area contributed by atoms with E-state index in [1.807, 2.05) is 18.2 Å². The van der Waals surface area contributed by atoms with Crippen LogP contribution < -0.4 is 0 Å². The Morgan fingerprint density at radius 3 is 2.67 bits per heavy atom. The highest BCUT2D eigenvalue weighted by atomic mass is 15.2. The van der Waals surface area contributed by atoms with E-state index in [1.165, 1.54) is 16.5 Å². The third-order valence-corrected chi connectivity index (χ3v) is 3.43. The van der Waals surface area contributed by atoms with E-state index in [4.69, 9.17) is 0 Å². The molecule has 86 valence electrons. The smallest absolute Gasteiger partial charge is 0.160 e. The summed E-state index contributed by atoms with van der Waals surface area (Å²) in [7, 11) is 0. The van der Waals surface area contributed by atoms with E-state index in [1.54, 1.807) is 0 Å². The van der Waals surface area contributed by atoms with Crippen molar-refractivity contribution in [2.24, 2.45) is 0 Å². The van der Waals surface area contributed by atoms with Gasteiger partial charge in [0.2, 0.25) is 0 Å². The molecule has 3 nitrogen and oxygen atoms in total. The second-order valence-corrected chi connectivity index (χ2v) is 4.53. The average Bonchev–Trinajstić information content (AvgIpc) is 2.79. The second kappa shape index (κ2) is 3.29. The van der Waals surface area contributed by atoms with Crippen LogP contribution in [0.5, 0.6) is 0 Å². The van der Waals surface area contributed by atoms with Gasteiger partial charge in [0.1, 0.15) is 5.52 Å². The fourth-order valence-electron chi connectivity index (χ4n) is 2.53. The number of fused-ring (bicyclic) bond motifs is 5. The number of aryl methyl sites for hydroxylation is 1. The van der Waals surface area contributed by atoms with Crippen LogP contribution >= 0.6 is 0 Å². The van der Waals surface area contributed by atoms with Crippen molar-refractivity contribution in [3.63, 3.8) is 0 Å². The molecule has 0 bridgehead atoms. The van der Waals surface area contributed by atoms with Gasteiger partial charge in [0.15, 0.2) is 5.65 Å². The molecule has 0 unspecified atom stereocenters. The third kappa shape index (κ3) is 1.13. The highest BCUT2D eigenvalue weighted by molar-refractivity contribution is 5.93. The lowest BCUT2D eigenvalue weighted by Gasteiger charge is -2.02. The van der Waals surface area contributed by atoms with Gasteiger partial charge in [0, 0.05) is 5.39 Å². The molecule has 0 aliphatic carbocycles. The van der Waals surface area contributed by atoms with Gasteiger partial charge in [-0.25, -0.2) is 0 Å². The van der Waals surface area contributed by atoms with Crippen molar-refractivity contribution in [3.05, 3.63) is 54.1 Å². The lowest BCUT2D eigenvalue weighted by Crippen LogP contribution is -1.93. The molecule has 2 heterocycles. The standard InChI is InChI=1S/C15H11N3/c1-10-5-4-8-13-11(10)9-15-17-16-12-6-2-3-7-14(12)18(13)15/h2-9H,1H3. The highest BCUT2D eigenvalue weighted by Crippen LogP contribution is 2.25. The summed E-state index contributed by atoms with van der Waals surface area (Å²) >= 11 is 0. The molecule has 0 amide bonds. The summed E-state index contributed by atoms with van der Waals surface area (Å²) in [6.45, 7) is 2.12. The van der Waals surface area contributed by atoms with Gasteiger partial charge >= 0.3 is 0 Å². The zero-order valence-electron chi connectivity index (χ0n) is 9.96. The zero-order chi connectivity index (χ0) is 12.1. The second-order valence-electron chi connectivity index (χ2n) is 4.53. The maximum atomic E-state index is 4.30. The Labute approximate surface area is 104 Å². The summed E-state index contributed by atoms with van der Waals surface area (Å²) in [5.41, 5.74) is 5.38. The molecule has 4 rings (SSSR count).